The predicted octanol–water partition coefficient (Wildman–Crippen LogP) is 4.87. The van der Waals surface area contributed by atoms with Crippen LogP contribution in [-0.2, 0) is 0 Å². The van der Waals surface area contributed by atoms with Crippen molar-refractivity contribution in [2.75, 3.05) is 32.8 Å². The minimum Gasteiger partial charge on any atom is -0.497 e. The molecule has 7 nitrogen and oxygen atoms in total. The topological polar surface area (TPSA) is 73.3 Å². The van der Waals surface area contributed by atoms with E-state index in [1.165, 1.54) is 0 Å². The normalized spacial score (nSPS) is 10.5. The van der Waals surface area contributed by atoms with Crippen LogP contribution in [0.2, 0.25) is 0 Å². The van der Waals surface area contributed by atoms with Gasteiger partial charge >= 0.3 is 0 Å². The molecule has 172 valence electrons. The maximum absolute atomic E-state index is 6.00. The molecule has 0 aliphatic rings. The zero-order valence-electron chi connectivity index (χ0n) is 18.6. The molecule has 8 heteroatoms. The van der Waals surface area contributed by atoms with Crippen molar-refractivity contribution >= 4 is 29.2 Å². The summed E-state index contributed by atoms with van der Waals surface area (Å²) in [6, 6.07) is 22.7. The second-order valence-corrected chi connectivity index (χ2v) is 7.21. The molecule has 0 atom stereocenters. The third kappa shape index (κ3) is 7.69. The van der Waals surface area contributed by atoms with Gasteiger partial charge in [0.1, 0.15) is 11.5 Å². The van der Waals surface area contributed by atoms with Crippen LogP contribution < -0.4 is 29.7 Å². The number of hydrogen-bond acceptors (Lipinski definition) is 6. The first-order valence-electron chi connectivity index (χ1n) is 10.4. The van der Waals surface area contributed by atoms with Gasteiger partial charge in [-0.3, -0.25) is 5.43 Å². The molecule has 0 heterocycles. The first-order valence-corrected chi connectivity index (χ1v) is 10.8. The zero-order valence-corrected chi connectivity index (χ0v) is 19.4. The van der Waals surface area contributed by atoms with E-state index in [2.05, 4.69) is 15.8 Å². The minimum absolute atomic E-state index is 0.387. The van der Waals surface area contributed by atoms with Crippen molar-refractivity contribution in [2.45, 2.75) is 6.42 Å². The lowest BCUT2D eigenvalue weighted by molar-refractivity contribution is 0.240. The third-order valence-electron chi connectivity index (χ3n) is 4.48. The third-order valence-corrected chi connectivity index (χ3v) is 4.67. The lowest BCUT2D eigenvalue weighted by Gasteiger charge is -2.14. The standard InChI is InChI=1S/C25H27N3O4S/c1-29-21-12-7-13-22(17-21)31-15-8-16-32-24-19(9-6-14-23(24)30-2)18-26-28-25(33)27-20-10-4-3-5-11-20/h3-7,9-14,17-18H,8,15-16H2,1-2H3,(H2,27,28,33)/b26-18-. The first kappa shape index (κ1) is 23.9. The molecule has 33 heavy (non-hydrogen) atoms. The van der Waals surface area contributed by atoms with Gasteiger partial charge in [0.05, 0.1) is 33.6 Å². The molecule has 0 bridgehead atoms. The summed E-state index contributed by atoms with van der Waals surface area (Å²) in [5.74, 6) is 2.74. The van der Waals surface area contributed by atoms with E-state index in [0.717, 1.165) is 22.7 Å². The Hall–Kier alpha value is -3.78. The number of ether oxygens (including phenoxy) is 4. The summed E-state index contributed by atoms with van der Waals surface area (Å²) in [6.07, 6.45) is 2.33. The Balaban J connectivity index is 1.52. The van der Waals surface area contributed by atoms with Crippen molar-refractivity contribution in [3.05, 3.63) is 78.4 Å². The first-order chi connectivity index (χ1) is 16.2. The van der Waals surface area contributed by atoms with Gasteiger partial charge in [0.25, 0.3) is 0 Å². The van der Waals surface area contributed by atoms with Gasteiger partial charge < -0.3 is 24.3 Å². The molecule has 0 radical (unpaired) electrons. The zero-order chi connectivity index (χ0) is 23.3. The molecule has 2 N–H and O–H groups in total. The van der Waals surface area contributed by atoms with E-state index in [-0.39, 0.29) is 0 Å². The highest BCUT2D eigenvalue weighted by Crippen LogP contribution is 2.30. The van der Waals surface area contributed by atoms with Gasteiger partial charge in [-0.1, -0.05) is 30.3 Å². The summed E-state index contributed by atoms with van der Waals surface area (Å²) >= 11 is 5.27. The Morgan fingerprint density at radius 1 is 0.879 bits per heavy atom. The van der Waals surface area contributed by atoms with Gasteiger partial charge in [-0.25, -0.2) is 0 Å². The molecule has 0 aromatic heterocycles. The predicted molar refractivity (Wildman–Crippen MR) is 135 cm³/mol. The Bertz CT molecular complexity index is 1060. The number of benzene rings is 3. The number of methoxy groups -OCH3 is 2. The monoisotopic (exact) mass is 465 g/mol. The van der Waals surface area contributed by atoms with Crippen LogP contribution in [0.5, 0.6) is 23.0 Å². The van der Waals surface area contributed by atoms with Crippen LogP contribution in [0.25, 0.3) is 0 Å². The van der Waals surface area contributed by atoms with E-state index < -0.39 is 0 Å². The number of rotatable bonds is 11. The molecule has 0 fully saturated rings. The van der Waals surface area contributed by atoms with Crippen LogP contribution in [0.15, 0.2) is 77.9 Å². The van der Waals surface area contributed by atoms with Crippen LogP contribution in [0, 0.1) is 0 Å². The largest absolute Gasteiger partial charge is 0.497 e. The van der Waals surface area contributed by atoms with Crippen LogP contribution in [-0.4, -0.2) is 38.8 Å². The van der Waals surface area contributed by atoms with Gasteiger partial charge in [0.2, 0.25) is 0 Å². The lowest BCUT2D eigenvalue weighted by atomic mass is 10.2. The second kappa shape index (κ2) is 12.9. The van der Waals surface area contributed by atoms with Crippen LogP contribution in [0.1, 0.15) is 12.0 Å². The van der Waals surface area contributed by atoms with Crippen molar-refractivity contribution in [3.63, 3.8) is 0 Å². The van der Waals surface area contributed by atoms with Crippen molar-refractivity contribution in [3.8, 4) is 23.0 Å². The number of nitrogens with one attached hydrogen (secondary N) is 2. The Morgan fingerprint density at radius 3 is 2.42 bits per heavy atom. The molecular formula is C25H27N3O4S. The van der Waals surface area contributed by atoms with Crippen LogP contribution in [0.4, 0.5) is 5.69 Å². The summed E-state index contributed by atoms with van der Waals surface area (Å²) in [5, 5.41) is 7.67. The SMILES string of the molecule is COc1cccc(OCCCOc2c(/C=N\NC(=S)Nc3ccccc3)cccc2OC)c1. The van der Waals surface area contributed by atoms with E-state index in [1.807, 2.05) is 72.8 Å². The molecule has 0 spiro atoms. The molecular weight excluding hydrogens is 438 g/mol. The van der Waals surface area contributed by atoms with E-state index in [9.17, 15) is 0 Å². The van der Waals surface area contributed by atoms with Crippen molar-refractivity contribution in [1.29, 1.82) is 0 Å². The van der Waals surface area contributed by atoms with Crippen molar-refractivity contribution in [1.82, 2.24) is 5.43 Å². The average Bonchev–Trinajstić information content (AvgIpc) is 2.85. The number of hydrogen-bond donors (Lipinski definition) is 2. The number of para-hydroxylation sites is 2. The fourth-order valence-corrected chi connectivity index (χ4v) is 3.08. The number of thiocarbonyl (C=S) groups is 1. The Morgan fingerprint density at radius 2 is 1.64 bits per heavy atom. The maximum Gasteiger partial charge on any atom is 0.191 e. The highest BCUT2D eigenvalue weighted by Gasteiger charge is 2.09. The number of nitrogens with zero attached hydrogens (tertiary/aromatic N) is 1. The van der Waals surface area contributed by atoms with E-state index in [1.54, 1.807) is 20.4 Å². The highest BCUT2D eigenvalue weighted by molar-refractivity contribution is 7.80. The summed E-state index contributed by atoms with van der Waals surface area (Å²) in [4.78, 5) is 0. The maximum atomic E-state index is 6.00. The second-order valence-electron chi connectivity index (χ2n) is 6.80. The fourth-order valence-electron chi connectivity index (χ4n) is 2.90. The Kier molecular flexibility index (Phi) is 9.35. The number of anilines is 1. The molecule has 0 aliphatic carbocycles. The van der Waals surface area contributed by atoms with Crippen LogP contribution >= 0.6 is 12.2 Å². The summed E-state index contributed by atoms with van der Waals surface area (Å²) in [6.45, 7) is 0.958. The summed E-state index contributed by atoms with van der Waals surface area (Å²) in [5.41, 5.74) is 4.45. The highest BCUT2D eigenvalue weighted by atomic mass is 32.1. The molecule has 0 saturated carbocycles. The molecule has 3 rings (SSSR count). The molecule has 3 aromatic carbocycles. The van der Waals surface area contributed by atoms with Crippen molar-refractivity contribution < 1.29 is 18.9 Å². The Labute approximate surface area is 199 Å². The summed E-state index contributed by atoms with van der Waals surface area (Å²) < 4.78 is 22.4. The van der Waals surface area contributed by atoms with E-state index >= 15 is 0 Å². The molecule has 0 saturated heterocycles. The minimum atomic E-state index is 0.387. The fraction of sp³-hybridized carbons (Fsp3) is 0.200. The quantitative estimate of drug-likeness (QED) is 0.181. The molecule has 0 aliphatic heterocycles. The average molecular weight is 466 g/mol. The molecule has 0 amide bonds. The lowest BCUT2D eigenvalue weighted by Crippen LogP contribution is -2.23. The van der Waals surface area contributed by atoms with Gasteiger partial charge in [0.15, 0.2) is 16.6 Å². The van der Waals surface area contributed by atoms with Gasteiger partial charge in [-0.05, 0) is 48.6 Å². The van der Waals surface area contributed by atoms with E-state index in [0.29, 0.717) is 36.2 Å². The smallest absolute Gasteiger partial charge is 0.191 e. The van der Waals surface area contributed by atoms with E-state index in [4.69, 9.17) is 31.2 Å². The molecule has 0 unspecified atom stereocenters. The summed E-state index contributed by atoms with van der Waals surface area (Å²) in [7, 11) is 3.23. The van der Waals surface area contributed by atoms with Crippen LogP contribution in [0.3, 0.4) is 0 Å². The number of hydrazone groups is 1. The van der Waals surface area contributed by atoms with Gasteiger partial charge in [-0.15, -0.1) is 0 Å². The van der Waals surface area contributed by atoms with Gasteiger partial charge in [-0.2, -0.15) is 5.10 Å². The molecule has 3 aromatic rings. The van der Waals surface area contributed by atoms with Gasteiger partial charge in [0, 0.05) is 23.7 Å². The van der Waals surface area contributed by atoms with Crippen molar-refractivity contribution in [2.24, 2.45) is 5.10 Å².